The number of carbonyl (C=O) groups excluding carboxylic acids is 10. The molecule has 2 saturated carbocycles. The molecule has 1 aliphatic heterocycles. The minimum absolute atomic E-state index is 0.0286. The third-order valence-corrected chi connectivity index (χ3v) is 16.5. The fourth-order valence-electron chi connectivity index (χ4n) is 11.3. The van der Waals surface area contributed by atoms with Gasteiger partial charge in [0, 0.05) is 31.6 Å². The van der Waals surface area contributed by atoms with Gasteiger partial charge in [0.25, 0.3) is 11.8 Å². The van der Waals surface area contributed by atoms with E-state index in [1.54, 1.807) is 33.0 Å². The fourth-order valence-corrected chi connectivity index (χ4v) is 11.3. The molecule has 6 atom stereocenters. The van der Waals surface area contributed by atoms with Crippen molar-refractivity contribution in [1.29, 1.82) is 0 Å². The molecule has 10 amide bonds. The molecule has 1 aromatic rings. The van der Waals surface area contributed by atoms with Gasteiger partial charge in [0.15, 0.2) is 0 Å². The molecule has 1 saturated heterocycles. The van der Waals surface area contributed by atoms with E-state index in [0.717, 1.165) is 65.2 Å². The summed E-state index contributed by atoms with van der Waals surface area (Å²) in [6.45, 7) is 16.6. The number of likely N-dealkylation sites (tertiary alicyclic amines) is 1. The van der Waals surface area contributed by atoms with Crippen molar-refractivity contribution in [3.8, 4) is 0 Å². The molecule has 4 rings (SSSR count). The van der Waals surface area contributed by atoms with E-state index in [1.165, 1.54) is 43.0 Å². The second-order valence-corrected chi connectivity index (χ2v) is 27.1. The zero-order valence-corrected chi connectivity index (χ0v) is 53.4. The summed E-state index contributed by atoms with van der Waals surface area (Å²) in [5.41, 5.74) is -7.61. The van der Waals surface area contributed by atoms with Gasteiger partial charge >= 0.3 is 6.18 Å². The number of benzene rings is 1. The molecule has 3 fully saturated rings. The van der Waals surface area contributed by atoms with E-state index in [1.807, 2.05) is 32.8 Å². The van der Waals surface area contributed by atoms with Crippen molar-refractivity contribution >= 4 is 59.1 Å². The van der Waals surface area contributed by atoms with Crippen LogP contribution in [-0.4, -0.2) is 155 Å². The molecule has 2 aliphatic carbocycles. The lowest BCUT2D eigenvalue weighted by Gasteiger charge is -2.44. The fraction of sp³-hybridized carbons (Fsp3) is 0.742. The van der Waals surface area contributed by atoms with Crippen molar-refractivity contribution < 1.29 is 65.5 Å². The van der Waals surface area contributed by atoms with E-state index in [4.69, 9.17) is 0 Å². The maximum Gasteiger partial charge on any atom is 0.420 e. The van der Waals surface area contributed by atoms with E-state index in [-0.39, 0.29) is 61.3 Å². The van der Waals surface area contributed by atoms with Crippen LogP contribution in [0.2, 0.25) is 0 Å². The van der Waals surface area contributed by atoms with E-state index >= 15 is 0 Å². The van der Waals surface area contributed by atoms with E-state index in [9.17, 15) is 65.5 Å². The summed E-state index contributed by atoms with van der Waals surface area (Å²) in [6.07, 6.45) is 2.82. The van der Waals surface area contributed by atoms with Crippen LogP contribution in [0.4, 0.5) is 17.6 Å². The number of nitrogens with one attached hydrogen (secondary N) is 9. The van der Waals surface area contributed by atoms with Crippen molar-refractivity contribution in [1.82, 2.24) is 57.7 Å². The van der Waals surface area contributed by atoms with Gasteiger partial charge in [-0.25, -0.2) is 4.39 Å². The van der Waals surface area contributed by atoms with Crippen LogP contribution in [0.25, 0.3) is 0 Å². The van der Waals surface area contributed by atoms with Gasteiger partial charge in [0.2, 0.25) is 52.8 Å². The number of amides is 10. The largest absolute Gasteiger partial charge is 0.420 e. The quantitative estimate of drug-likeness (QED) is 0.0335. The van der Waals surface area contributed by atoms with Crippen molar-refractivity contribution in [3.63, 3.8) is 0 Å². The molecule has 0 unspecified atom stereocenters. The molecular formula is C62H99F4N11O10. The standard InChI is InChI=1S/C62H99F4N11O10/c1-37(2)33-44(51(81)69-46(35-39(5)6)53(83)74-59(9,10)56(86)75-60(11,62(64,65)66)57(87)67-31-28-48(78)72-61(29-18-30-61)36-76(12)13)70-55(85)58(7,8)73-52(82)45(34-38(3)4)68-49(79)43(27-22-40-19-15-14-16-20-40)50(80)71-47-21-17-32-77(47)54(84)41-23-25-42(63)26-24-41/h23-26,37-40,43-47H,14-22,27-36H2,1-13H3,(H,67,87)(H,68,79)(H,69,81)(H,70,85)(H,71,80)(H,72,78)(H,73,82)(H,74,83)(H,75,86)/t43-,44-,45-,46-,47-,60-/m0/s1. The average molecular weight is 1230 g/mol. The Balaban J connectivity index is 1.45. The second-order valence-electron chi connectivity index (χ2n) is 27.1. The van der Waals surface area contributed by atoms with Gasteiger partial charge in [-0.15, -0.1) is 0 Å². The number of nitrogens with zero attached hydrogens (tertiary/aromatic N) is 2. The molecule has 1 aromatic carbocycles. The summed E-state index contributed by atoms with van der Waals surface area (Å²) in [7, 11) is 3.70. The molecule has 25 heteroatoms. The van der Waals surface area contributed by atoms with Gasteiger partial charge in [-0.1, -0.05) is 73.6 Å². The normalized spacial score (nSPS) is 18.5. The first-order valence-electron chi connectivity index (χ1n) is 30.9. The maximum atomic E-state index is 14.7. The number of carbonyl (C=O) groups is 10. The van der Waals surface area contributed by atoms with Crippen molar-refractivity contribution in [2.75, 3.05) is 33.7 Å². The topological polar surface area (TPSA) is 285 Å². The third kappa shape index (κ3) is 21.7. The minimum atomic E-state index is -5.35. The van der Waals surface area contributed by atoms with Gasteiger partial charge in [-0.3, -0.25) is 47.9 Å². The van der Waals surface area contributed by atoms with Crippen molar-refractivity contribution in [3.05, 3.63) is 35.6 Å². The highest BCUT2D eigenvalue weighted by Crippen LogP contribution is 2.34. The van der Waals surface area contributed by atoms with Crippen LogP contribution in [0.1, 0.15) is 189 Å². The molecule has 87 heavy (non-hydrogen) atoms. The summed E-state index contributed by atoms with van der Waals surface area (Å²) in [6, 6.07) is 1.12. The second kappa shape index (κ2) is 31.7. The number of likely N-dealkylation sites (N-methyl/N-ethyl adjacent to an activating group) is 1. The maximum absolute atomic E-state index is 14.7. The van der Waals surface area contributed by atoms with Gasteiger partial charge in [0.05, 0.1) is 5.54 Å². The van der Waals surface area contributed by atoms with Gasteiger partial charge in [-0.2, -0.15) is 13.2 Å². The average Bonchev–Trinajstić information content (AvgIpc) is 1.40. The Morgan fingerprint density at radius 2 is 1.14 bits per heavy atom. The Hall–Kier alpha value is -6.40. The first-order chi connectivity index (χ1) is 40.4. The lowest BCUT2D eigenvalue weighted by atomic mass is 9.76. The van der Waals surface area contributed by atoms with Crippen LogP contribution in [-0.2, 0) is 43.2 Å². The van der Waals surface area contributed by atoms with Crippen LogP contribution < -0.4 is 47.9 Å². The Bertz CT molecular complexity index is 2570. The summed E-state index contributed by atoms with van der Waals surface area (Å²) in [5.74, 6) is -10.8. The van der Waals surface area contributed by atoms with Crippen LogP contribution in [0.15, 0.2) is 24.3 Å². The summed E-state index contributed by atoms with van der Waals surface area (Å²) in [5, 5.41) is 23.0. The van der Waals surface area contributed by atoms with Gasteiger partial charge in [-0.05, 0) is 161 Å². The summed E-state index contributed by atoms with van der Waals surface area (Å²) < 4.78 is 57.9. The number of rotatable bonds is 31. The predicted molar refractivity (Wildman–Crippen MR) is 320 cm³/mol. The van der Waals surface area contributed by atoms with E-state index in [0.29, 0.717) is 39.3 Å². The predicted octanol–water partition coefficient (Wildman–Crippen LogP) is 5.41. The molecule has 0 spiro atoms. The molecule has 0 aromatic heterocycles. The smallest absolute Gasteiger partial charge is 0.353 e. The molecule has 1 heterocycles. The minimum Gasteiger partial charge on any atom is -0.353 e. The number of halogens is 4. The number of alkyl halides is 3. The zero-order chi connectivity index (χ0) is 65.4. The summed E-state index contributed by atoms with van der Waals surface area (Å²) in [4.78, 5) is 142. The Morgan fingerprint density at radius 1 is 0.621 bits per heavy atom. The summed E-state index contributed by atoms with van der Waals surface area (Å²) >= 11 is 0. The van der Waals surface area contributed by atoms with Crippen LogP contribution in [0.5, 0.6) is 0 Å². The first-order valence-corrected chi connectivity index (χ1v) is 30.9. The highest BCUT2D eigenvalue weighted by molar-refractivity contribution is 6.03. The molecule has 9 N–H and O–H groups in total. The monoisotopic (exact) mass is 1230 g/mol. The highest BCUT2D eigenvalue weighted by atomic mass is 19.4. The van der Waals surface area contributed by atoms with Crippen LogP contribution in [0, 0.1) is 35.4 Å². The van der Waals surface area contributed by atoms with E-state index in [2.05, 4.69) is 42.5 Å². The molecule has 0 bridgehead atoms. The first kappa shape index (κ1) is 73.1. The van der Waals surface area contributed by atoms with Gasteiger partial charge in [0.1, 0.15) is 47.1 Å². The SMILES string of the molecule is CC(C)C[C@H](NC(=O)[C@H](CCC1CCCCC1)C(=O)N[C@@H]1CCCN1C(=O)c1ccc(F)cc1)C(=O)NC(C)(C)C(=O)N[C@@H](CC(C)C)C(=O)N[C@@H](CC(C)C)C(=O)NC(C)(C)C(=O)N[C@@](C)(C(=O)NCCC(=O)NC1(CN(C)C)CCC1)C(F)(F)F. The van der Waals surface area contributed by atoms with E-state index < -0.39 is 130 Å². The molecule has 3 aliphatic rings. The Morgan fingerprint density at radius 3 is 1.63 bits per heavy atom. The zero-order valence-electron chi connectivity index (χ0n) is 53.4. The van der Waals surface area contributed by atoms with Crippen LogP contribution >= 0.6 is 0 Å². The lowest BCUT2D eigenvalue weighted by molar-refractivity contribution is -0.198. The highest BCUT2D eigenvalue weighted by Gasteiger charge is 2.59. The van der Waals surface area contributed by atoms with Crippen LogP contribution in [0.3, 0.4) is 0 Å². The third-order valence-electron chi connectivity index (χ3n) is 16.5. The molecule has 21 nitrogen and oxygen atoms in total. The Labute approximate surface area is 511 Å². The number of hydrogen-bond donors (Lipinski definition) is 9. The van der Waals surface area contributed by atoms with Gasteiger partial charge < -0.3 is 57.7 Å². The Kier molecular flexibility index (Phi) is 26.6. The molecule has 490 valence electrons. The molecular weight excluding hydrogens is 1130 g/mol. The molecule has 0 radical (unpaired) electrons. The lowest BCUT2D eigenvalue weighted by Crippen LogP contribution is -2.70. The van der Waals surface area contributed by atoms with Crippen molar-refractivity contribution in [2.45, 2.75) is 232 Å². The number of hydrogen-bond acceptors (Lipinski definition) is 11. The van der Waals surface area contributed by atoms with Crippen molar-refractivity contribution in [2.24, 2.45) is 29.6 Å².